The van der Waals surface area contributed by atoms with E-state index in [1.165, 1.54) is 12.3 Å². The SMILES string of the molecule is NNC(=O)c1ccoc1CN1CCOCC1=O. The molecule has 0 radical (unpaired) electrons. The largest absolute Gasteiger partial charge is 0.467 e. The molecule has 7 heteroatoms. The van der Waals surface area contributed by atoms with E-state index in [9.17, 15) is 9.59 Å². The summed E-state index contributed by atoms with van der Waals surface area (Å²) >= 11 is 0. The zero-order valence-electron chi connectivity index (χ0n) is 9.14. The second-order valence-electron chi connectivity index (χ2n) is 3.60. The summed E-state index contributed by atoms with van der Waals surface area (Å²) in [6, 6.07) is 1.52. The Bertz CT molecular complexity index is 429. The van der Waals surface area contributed by atoms with E-state index >= 15 is 0 Å². The van der Waals surface area contributed by atoms with Crippen molar-refractivity contribution in [3.63, 3.8) is 0 Å². The van der Waals surface area contributed by atoms with Gasteiger partial charge in [0, 0.05) is 6.54 Å². The van der Waals surface area contributed by atoms with E-state index in [0.717, 1.165) is 0 Å². The number of carbonyl (C=O) groups is 2. The van der Waals surface area contributed by atoms with Crippen molar-refractivity contribution in [1.82, 2.24) is 10.3 Å². The van der Waals surface area contributed by atoms with Crippen LogP contribution in [0.15, 0.2) is 16.7 Å². The standard InChI is InChI=1S/C10H13N3O4/c11-12-10(15)7-1-3-17-8(7)5-13-2-4-16-6-9(13)14/h1,3H,2,4-6,11H2,(H,12,15). The van der Waals surface area contributed by atoms with Gasteiger partial charge < -0.3 is 14.1 Å². The van der Waals surface area contributed by atoms with Crippen LogP contribution in [0.5, 0.6) is 0 Å². The average Bonchev–Trinajstić information content (AvgIpc) is 2.79. The molecular weight excluding hydrogens is 226 g/mol. The number of nitrogens with two attached hydrogens (primary N) is 1. The molecular formula is C10H13N3O4. The highest BCUT2D eigenvalue weighted by Crippen LogP contribution is 2.14. The van der Waals surface area contributed by atoms with Crippen LogP contribution in [0.2, 0.25) is 0 Å². The number of nitrogens with one attached hydrogen (secondary N) is 1. The Hall–Kier alpha value is -1.86. The molecule has 0 aliphatic carbocycles. The summed E-state index contributed by atoms with van der Waals surface area (Å²) in [5.41, 5.74) is 2.37. The number of morpholine rings is 1. The third kappa shape index (κ3) is 2.45. The van der Waals surface area contributed by atoms with Crippen molar-refractivity contribution in [3.8, 4) is 0 Å². The van der Waals surface area contributed by atoms with E-state index in [-0.39, 0.29) is 19.1 Å². The highest BCUT2D eigenvalue weighted by atomic mass is 16.5. The van der Waals surface area contributed by atoms with E-state index in [1.807, 2.05) is 5.43 Å². The van der Waals surface area contributed by atoms with Crippen molar-refractivity contribution in [3.05, 3.63) is 23.7 Å². The maximum absolute atomic E-state index is 11.5. The van der Waals surface area contributed by atoms with Crippen molar-refractivity contribution in [2.75, 3.05) is 19.8 Å². The molecule has 1 aliphatic rings. The van der Waals surface area contributed by atoms with Gasteiger partial charge in [-0.1, -0.05) is 0 Å². The molecule has 1 aromatic rings. The molecule has 17 heavy (non-hydrogen) atoms. The first-order valence-corrected chi connectivity index (χ1v) is 5.15. The van der Waals surface area contributed by atoms with Gasteiger partial charge in [0.05, 0.1) is 25.0 Å². The van der Waals surface area contributed by atoms with Crippen LogP contribution >= 0.6 is 0 Å². The molecule has 3 N–H and O–H groups in total. The number of hydrogen-bond donors (Lipinski definition) is 2. The van der Waals surface area contributed by atoms with E-state index in [0.29, 0.717) is 24.5 Å². The van der Waals surface area contributed by atoms with Crippen LogP contribution in [0, 0.1) is 0 Å². The zero-order chi connectivity index (χ0) is 12.3. The average molecular weight is 239 g/mol. The van der Waals surface area contributed by atoms with Gasteiger partial charge >= 0.3 is 0 Å². The van der Waals surface area contributed by atoms with Crippen LogP contribution in [-0.2, 0) is 16.1 Å². The van der Waals surface area contributed by atoms with Gasteiger partial charge in [0.15, 0.2) is 0 Å². The van der Waals surface area contributed by atoms with Crippen molar-refractivity contribution >= 4 is 11.8 Å². The lowest BCUT2D eigenvalue weighted by atomic mass is 10.2. The van der Waals surface area contributed by atoms with Gasteiger partial charge in [-0.25, -0.2) is 5.84 Å². The molecule has 1 aromatic heterocycles. The van der Waals surface area contributed by atoms with Crippen LogP contribution in [0.1, 0.15) is 16.1 Å². The smallest absolute Gasteiger partial charge is 0.268 e. The minimum atomic E-state index is -0.436. The topological polar surface area (TPSA) is 97.8 Å². The van der Waals surface area contributed by atoms with E-state index < -0.39 is 5.91 Å². The number of hydrogen-bond acceptors (Lipinski definition) is 5. The van der Waals surface area contributed by atoms with E-state index in [1.54, 1.807) is 4.90 Å². The number of carbonyl (C=O) groups excluding carboxylic acids is 2. The minimum Gasteiger partial charge on any atom is -0.467 e. The lowest BCUT2D eigenvalue weighted by Crippen LogP contribution is -2.41. The summed E-state index contributed by atoms with van der Waals surface area (Å²) in [4.78, 5) is 24.5. The number of nitrogen functional groups attached to an aromatic ring is 1. The van der Waals surface area contributed by atoms with Gasteiger partial charge in [-0.2, -0.15) is 0 Å². The van der Waals surface area contributed by atoms with Gasteiger partial charge in [0.2, 0.25) is 5.91 Å². The van der Waals surface area contributed by atoms with Crippen LogP contribution < -0.4 is 11.3 Å². The fraction of sp³-hybridized carbons (Fsp3) is 0.400. The number of hydrazine groups is 1. The molecule has 2 amide bonds. The normalized spacial score (nSPS) is 16.1. The molecule has 0 unspecified atom stereocenters. The van der Waals surface area contributed by atoms with Gasteiger partial charge in [-0.15, -0.1) is 0 Å². The first-order chi connectivity index (χ1) is 8.22. The molecule has 1 fully saturated rings. The molecule has 0 atom stereocenters. The quantitative estimate of drug-likeness (QED) is 0.410. The maximum Gasteiger partial charge on any atom is 0.268 e. The van der Waals surface area contributed by atoms with E-state index in [4.69, 9.17) is 15.0 Å². The van der Waals surface area contributed by atoms with Gasteiger partial charge in [0.1, 0.15) is 12.4 Å². The molecule has 1 aliphatic heterocycles. The number of rotatable bonds is 3. The van der Waals surface area contributed by atoms with Crippen molar-refractivity contribution in [2.24, 2.45) is 5.84 Å². The summed E-state index contributed by atoms with van der Waals surface area (Å²) in [6.07, 6.45) is 1.39. The molecule has 2 rings (SSSR count). The molecule has 0 aromatic carbocycles. The first kappa shape index (κ1) is 11.6. The third-order valence-corrected chi connectivity index (χ3v) is 2.54. The summed E-state index contributed by atoms with van der Waals surface area (Å²) in [5, 5.41) is 0. The summed E-state index contributed by atoms with van der Waals surface area (Å²) in [5.74, 6) is 4.92. The number of amides is 2. The second kappa shape index (κ2) is 4.98. The van der Waals surface area contributed by atoms with E-state index in [2.05, 4.69) is 0 Å². The highest BCUT2D eigenvalue weighted by molar-refractivity contribution is 5.94. The van der Waals surface area contributed by atoms with Crippen LogP contribution in [0.4, 0.5) is 0 Å². The Morgan fingerprint density at radius 1 is 1.59 bits per heavy atom. The summed E-state index contributed by atoms with van der Waals surface area (Å²) < 4.78 is 10.2. The van der Waals surface area contributed by atoms with Crippen LogP contribution in [0.3, 0.4) is 0 Å². The fourth-order valence-corrected chi connectivity index (χ4v) is 1.63. The molecule has 7 nitrogen and oxygen atoms in total. The van der Waals surface area contributed by atoms with Crippen LogP contribution in [0.25, 0.3) is 0 Å². The number of ether oxygens (including phenoxy) is 1. The summed E-state index contributed by atoms with van der Waals surface area (Å²) in [6.45, 7) is 1.30. The Kier molecular flexibility index (Phi) is 3.40. The number of furan rings is 1. The second-order valence-corrected chi connectivity index (χ2v) is 3.60. The monoisotopic (exact) mass is 239 g/mol. The molecule has 0 spiro atoms. The van der Waals surface area contributed by atoms with Gasteiger partial charge in [0.25, 0.3) is 5.91 Å². The third-order valence-electron chi connectivity index (χ3n) is 2.54. The number of nitrogens with zero attached hydrogens (tertiary/aromatic N) is 1. The fourth-order valence-electron chi connectivity index (χ4n) is 1.63. The molecule has 92 valence electrons. The van der Waals surface area contributed by atoms with Crippen molar-refractivity contribution < 1.29 is 18.7 Å². The van der Waals surface area contributed by atoms with Crippen molar-refractivity contribution in [1.29, 1.82) is 0 Å². The Morgan fingerprint density at radius 3 is 3.12 bits per heavy atom. The van der Waals surface area contributed by atoms with Gasteiger partial charge in [-0.05, 0) is 6.07 Å². The molecule has 0 saturated carbocycles. The molecule has 0 bridgehead atoms. The van der Waals surface area contributed by atoms with Crippen molar-refractivity contribution in [2.45, 2.75) is 6.54 Å². The Labute approximate surface area is 97.5 Å². The Balaban J connectivity index is 2.10. The van der Waals surface area contributed by atoms with Crippen LogP contribution in [-0.4, -0.2) is 36.5 Å². The molecule has 2 heterocycles. The lowest BCUT2D eigenvalue weighted by molar-refractivity contribution is -0.143. The zero-order valence-corrected chi connectivity index (χ0v) is 9.14. The predicted octanol–water partition coefficient (Wildman–Crippen LogP) is -0.758. The maximum atomic E-state index is 11.5. The first-order valence-electron chi connectivity index (χ1n) is 5.15. The predicted molar refractivity (Wildman–Crippen MR) is 56.6 cm³/mol. The van der Waals surface area contributed by atoms with Gasteiger partial charge in [-0.3, -0.25) is 15.0 Å². The summed E-state index contributed by atoms with van der Waals surface area (Å²) in [7, 11) is 0. The molecule has 1 saturated heterocycles. The highest BCUT2D eigenvalue weighted by Gasteiger charge is 2.22. The Morgan fingerprint density at radius 2 is 2.41 bits per heavy atom. The lowest BCUT2D eigenvalue weighted by Gasteiger charge is -2.26. The minimum absolute atomic E-state index is 0.0686.